The fourth-order valence-corrected chi connectivity index (χ4v) is 2.65. The summed E-state index contributed by atoms with van der Waals surface area (Å²) in [7, 11) is 0. The van der Waals surface area contributed by atoms with Gasteiger partial charge in [-0.2, -0.15) is 11.3 Å². The lowest BCUT2D eigenvalue weighted by molar-refractivity contribution is -0.127. The van der Waals surface area contributed by atoms with E-state index in [9.17, 15) is 4.79 Å². The number of nitrogens with zero attached hydrogens (tertiary/aromatic N) is 1. The first-order valence-electron chi connectivity index (χ1n) is 6.35. The molecule has 2 aromatic heterocycles. The van der Waals surface area contributed by atoms with Crippen LogP contribution in [0.3, 0.4) is 0 Å². The van der Waals surface area contributed by atoms with Gasteiger partial charge in [0.05, 0.1) is 12.5 Å². The van der Waals surface area contributed by atoms with Crippen molar-refractivity contribution in [3.05, 3.63) is 52.6 Å². The smallest absolute Gasteiger partial charge is 0.247 e. The van der Waals surface area contributed by atoms with E-state index in [1.165, 1.54) is 5.56 Å². The Labute approximate surface area is 116 Å². The van der Waals surface area contributed by atoms with Gasteiger partial charge in [0.2, 0.25) is 5.91 Å². The van der Waals surface area contributed by atoms with Crippen LogP contribution in [0.2, 0.25) is 0 Å². The molecular formula is C15H15NO2S. The van der Waals surface area contributed by atoms with Crippen molar-refractivity contribution in [2.45, 2.75) is 25.4 Å². The molecule has 1 aliphatic rings. The number of thiophene rings is 1. The summed E-state index contributed by atoms with van der Waals surface area (Å²) in [6.45, 7) is 0.711. The predicted molar refractivity (Wildman–Crippen MR) is 75.6 cm³/mol. The quantitative estimate of drug-likeness (QED) is 0.781. The number of amides is 1. The molecule has 0 spiro atoms. The SMILES string of the molecule is O=C(/C=C/c1ccoc1)N(Cc1ccsc1)C1CC1. The van der Waals surface area contributed by atoms with Crippen LogP contribution < -0.4 is 0 Å². The minimum atomic E-state index is 0.0786. The zero-order valence-corrected chi connectivity index (χ0v) is 11.3. The van der Waals surface area contributed by atoms with Crippen molar-refractivity contribution >= 4 is 23.3 Å². The van der Waals surface area contributed by atoms with Crippen molar-refractivity contribution in [3.8, 4) is 0 Å². The molecule has 1 aliphatic carbocycles. The third-order valence-electron chi connectivity index (χ3n) is 3.17. The number of hydrogen-bond donors (Lipinski definition) is 0. The Morgan fingerprint density at radius 1 is 1.47 bits per heavy atom. The van der Waals surface area contributed by atoms with Gasteiger partial charge in [0.15, 0.2) is 0 Å². The molecule has 2 aromatic rings. The van der Waals surface area contributed by atoms with Gasteiger partial charge in [-0.25, -0.2) is 0 Å². The Bertz CT molecular complexity index is 553. The monoisotopic (exact) mass is 273 g/mol. The van der Waals surface area contributed by atoms with E-state index in [0.717, 1.165) is 18.4 Å². The van der Waals surface area contributed by atoms with Crippen LogP contribution in [0.4, 0.5) is 0 Å². The number of carbonyl (C=O) groups is 1. The number of hydrogen-bond acceptors (Lipinski definition) is 3. The molecule has 0 aromatic carbocycles. The minimum absolute atomic E-state index is 0.0786. The van der Waals surface area contributed by atoms with Gasteiger partial charge >= 0.3 is 0 Å². The number of furan rings is 1. The lowest BCUT2D eigenvalue weighted by Crippen LogP contribution is -2.30. The third kappa shape index (κ3) is 3.15. The lowest BCUT2D eigenvalue weighted by atomic mass is 10.2. The van der Waals surface area contributed by atoms with Crippen molar-refractivity contribution < 1.29 is 9.21 Å². The molecule has 0 radical (unpaired) electrons. The van der Waals surface area contributed by atoms with Gasteiger partial charge in [-0.05, 0) is 47.4 Å². The minimum Gasteiger partial charge on any atom is -0.472 e. The van der Waals surface area contributed by atoms with E-state index in [1.54, 1.807) is 36.0 Å². The first-order chi connectivity index (χ1) is 9.33. The van der Waals surface area contributed by atoms with Crippen LogP contribution in [0.1, 0.15) is 24.0 Å². The maximum atomic E-state index is 12.3. The van der Waals surface area contributed by atoms with Gasteiger partial charge in [0, 0.05) is 24.2 Å². The first-order valence-corrected chi connectivity index (χ1v) is 7.29. The standard InChI is InChI=1S/C15H15NO2S/c17-15(4-1-12-5-7-18-10-12)16(14-2-3-14)9-13-6-8-19-11-13/h1,4-8,10-11,14H,2-3,9H2/b4-1+. The van der Waals surface area contributed by atoms with E-state index >= 15 is 0 Å². The van der Waals surface area contributed by atoms with Crippen LogP contribution in [0.5, 0.6) is 0 Å². The molecule has 0 unspecified atom stereocenters. The zero-order chi connectivity index (χ0) is 13.1. The first kappa shape index (κ1) is 12.2. The van der Waals surface area contributed by atoms with Gasteiger partial charge in [0.25, 0.3) is 0 Å². The van der Waals surface area contributed by atoms with Crippen molar-refractivity contribution in [3.63, 3.8) is 0 Å². The second-order valence-electron chi connectivity index (χ2n) is 4.72. The van der Waals surface area contributed by atoms with Crippen molar-refractivity contribution in [2.24, 2.45) is 0 Å². The Kier molecular flexibility index (Phi) is 3.51. The molecule has 1 amide bonds. The predicted octanol–water partition coefficient (Wildman–Crippen LogP) is 3.55. The van der Waals surface area contributed by atoms with Crippen LogP contribution in [-0.4, -0.2) is 16.8 Å². The van der Waals surface area contributed by atoms with Crippen molar-refractivity contribution in [1.29, 1.82) is 0 Å². The fourth-order valence-electron chi connectivity index (χ4n) is 1.99. The summed E-state index contributed by atoms with van der Waals surface area (Å²) in [5.74, 6) is 0.0786. The van der Waals surface area contributed by atoms with Crippen LogP contribution >= 0.6 is 11.3 Å². The molecule has 0 aliphatic heterocycles. The molecule has 3 rings (SSSR count). The van der Waals surface area contributed by atoms with Gasteiger partial charge in [-0.1, -0.05) is 0 Å². The van der Waals surface area contributed by atoms with Crippen LogP contribution in [0.15, 0.2) is 45.9 Å². The second kappa shape index (κ2) is 5.45. The molecule has 0 N–H and O–H groups in total. The molecule has 0 atom stereocenters. The highest BCUT2D eigenvalue weighted by molar-refractivity contribution is 7.07. The van der Waals surface area contributed by atoms with E-state index < -0.39 is 0 Å². The van der Waals surface area contributed by atoms with Gasteiger partial charge < -0.3 is 9.32 Å². The Hall–Kier alpha value is -1.81. The van der Waals surface area contributed by atoms with Crippen LogP contribution in [0.25, 0.3) is 6.08 Å². The van der Waals surface area contributed by atoms with Gasteiger partial charge in [-0.15, -0.1) is 0 Å². The van der Waals surface area contributed by atoms with E-state index in [2.05, 4.69) is 11.4 Å². The largest absolute Gasteiger partial charge is 0.472 e. The lowest BCUT2D eigenvalue weighted by Gasteiger charge is -2.20. The van der Waals surface area contributed by atoms with Crippen molar-refractivity contribution in [2.75, 3.05) is 0 Å². The summed E-state index contributed by atoms with van der Waals surface area (Å²) >= 11 is 1.67. The van der Waals surface area contributed by atoms with E-state index in [1.807, 2.05) is 16.3 Å². The molecule has 1 fully saturated rings. The topological polar surface area (TPSA) is 33.5 Å². The average Bonchev–Trinajstić information content (AvgIpc) is 2.94. The molecule has 3 nitrogen and oxygen atoms in total. The van der Waals surface area contributed by atoms with Crippen molar-refractivity contribution in [1.82, 2.24) is 4.90 Å². The summed E-state index contributed by atoms with van der Waals surface area (Å²) in [5, 5.41) is 4.15. The highest BCUT2D eigenvalue weighted by Crippen LogP contribution is 2.29. The summed E-state index contributed by atoms with van der Waals surface area (Å²) in [6.07, 6.45) is 8.91. The summed E-state index contributed by atoms with van der Waals surface area (Å²) in [4.78, 5) is 14.2. The molecule has 19 heavy (non-hydrogen) atoms. The highest BCUT2D eigenvalue weighted by atomic mass is 32.1. The molecule has 1 saturated carbocycles. The zero-order valence-electron chi connectivity index (χ0n) is 10.5. The average molecular weight is 273 g/mol. The molecule has 2 heterocycles. The van der Waals surface area contributed by atoms with E-state index in [4.69, 9.17) is 4.42 Å². The molecule has 98 valence electrons. The summed E-state index contributed by atoms with van der Waals surface area (Å²) in [6, 6.07) is 4.33. The maximum absolute atomic E-state index is 12.3. The van der Waals surface area contributed by atoms with Crippen LogP contribution in [-0.2, 0) is 11.3 Å². The van der Waals surface area contributed by atoms with Gasteiger partial charge in [0.1, 0.15) is 0 Å². The molecule has 0 bridgehead atoms. The normalized spacial score (nSPS) is 14.9. The summed E-state index contributed by atoms with van der Waals surface area (Å²) < 4.78 is 4.98. The highest BCUT2D eigenvalue weighted by Gasteiger charge is 2.31. The van der Waals surface area contributed by atoms with E-state index in [0.29, 0.717) is 12.6 Å². The molecular weight excluding hydrogens is 258 g/mol. The van der Waals surface area contributed by atoms with E-state index in [-0.39, 0.29) is 5.91 Å². The van der Waals surface area contributed by atoms with Gasteiger partial charge in [-0.3, -0.25) is 4.79 Å². The Morgan fingerprint density at radius 3 is 3.00 bits per heavy atom. The summed E-state index contributed by atoms with van der Waals surface area (Å²) in [5.41, 5.74) is 2.13. The number of carbonyl (C=O) groups excluding carboxylic acids is 1. The second-order valence-corrected chi connectivity index (χ2v) is 5.50. The Morgan fingerprint density at radius 2 is 2.37 bits per heavy atom. The number of rotatable bonds is 5. The maximum Gasteiger partial charge on any atom is 0.247 e. The molecule has 0 saturated heterocycles. The molecule has 4 heteroatoms. The Balaban J connectivity index is 1.68. The third-order valence-corrected chi connectivity index (χ3v) is 3.90. The fraction of sp³-hybridized carbons (Fsp3) is 0.267. The van der Waals surface area contributed by atoms with Crippen LogP contribution in [0, 0.1) is 0 Å².